The van der Waals surface area contributed by atoms with Crippen molar-refractivity contribution in [3.05, 3.63) is 53.6 Å². The van der Waals surface area contributed by atoms with Crippen LogP contribution in [0.3, 0.4) is 0 Å². The van der Waals surface area contributed by atoms with Crippen LogP contribution in [-0.4, -0.2) is 30.2 Å². The third-order valence-electron chi connectivity index (χ3n) is 3.52. The summed E-state index contributed by atoms with van der Waals surface area (Å²) < 4.78 is 4.96. The molecule has 0 saturated carbocycles. The highest BCUT2D eigenvalue weighted by Crippen LogP contribution is 2.25. The molecule has 2 rings (SSSR count). The number of nitrogens with one attached hydrogen (secondary N) is 2. The number of methoxy groups -OCH3 is 1. The van der Waals surface area contributed by atoms with Crippen molar-refractivity contribution in [2.45, 2.75) is 13.8 Å². The van der Waals surface area contributed by atoms with E-state index in [2.05, 4.69) is 15.8 Å². The molecule has 2 aromatic rings. The maximum atomic E-state index is 12.1. The Morgan fingerprint density at radius 1 is 1.15 bits per heavy atom. The van der Waals surface area contributed by atoms with Gasteiger partial charge in [-0.25, -0.2) is 5.43 Å². The zero-order valence-corrected chi connectivity index (χ0v) is 14.8. The van der Waals surface area contributed by atoms with E-state index in [0.717, 1.165) is 0 Å². The lowest BCUT2D eigenvalue weighted by Crippen LogP contribution is -2.19. The highest BCUT2D eigenvalue weighted by molar-refractivity contribution is 5.96. The summed E-state index contributed by atoms with van der Waals surface area (Å²) in [5.74, 6) is -0.252. The fraction of sp³-hybridized carbons (Fsp3) is 0.211. The van der Waals surface area contributed by atoms with Crippen molar-refractivity contribution in [2.75, 3.05) is 12.4 Å². The number of rotatable bonds is 6. The van der Waals surface area contributed by atoms with Gasteiger partial charge in [0.25, 0.3) is 5.91 Å². The van der Waals surface area contributed by atoms with Crippen molar-refractivity contribution < 1.29 is 19.4 Å². The molecule has 0 aromatic heterocycles. The van der Waals surface area contributed by atoms with Crippen LogP contribution in [0.25, 0.3) is 0 Å². The van der Waals surface area contributed by atoms with Crippen molar-refractivity contribution in [3.63, 3.8) is 0 Å². The van der Waals surface area contributed by atoms with E-state index < -0.39 is 0 Å². The number of nitrogens with zero attached hydrogens (tertiary/aromatic N) is 1. The van der Waals surface area contributed by atoms with Gasteiger partial charge in [-0.15, -0.1) is 0 Å². The van der Waals surface area contributed by atoms with Crippen LogP contribution in [0.5, 0.6) is 11.5 Å². The van der Waals surface area contributed by atoms with E-state index in [1.165, 1.54) is 19.4 Å². The Kier molecular flexibility index (Phi) is 6.32. The van der Waals surface area contributed by atoms with Crippen LogP contribution in [0.15, 0.2) is 47.6 Å². The van der Waals surface area contributed by atoms with E-state index in [1.54, 1.807) is 50.2 Å². The van der Waals surface area contributed by atoms with Gasteiger partial charge in [0.2, 0.25) is 5.91 Å². The van der Waals surface area contributed by atoms with Crippen molar-refractivity contribution >= 4 is 23.7 Å². The molecule has 7 nitrogen and oxygen atoms in total. The molecular weight excluding hydrogens is 334 g/mol. The minimum absolute atomic E-state index is 0.0122. The number of benzene rings is 2. The number of hydrogen-bond donors (Lipinski definition) is 3. The van der Waals surface area contributed by atoms with Gasteiger partial charge < -0.3 is 15.2 Å². The molecule has 0 unspecified atom stereocenters. The number of ether oxygens (including phenoxy) is 1. The zero-order chi connectivity index (χ0) is 19.1. The second kappa shape index (κ2) is 8.66. The molecule has 2 amide bonds. The Labute approximate surface area is 151 Å². The summed E-state index contributed by atoms with van der Waals surface area (Å²) in [6, 6.07) is 11.3. The monoisotopic (exact) mass is 355 g/mol. The van der Waals surface area contributed by atoms with Crippen molar-refractivity contribution in [3.8, 4) is 11.5 Å². The second-order valence-corrected chi connectivity index (χ2v) is 5.85. The van der Waals surface area contributed by atoms with Crippen LogP contribution in [0.1, 0.15) is 29.8 Å². The molecule has 0 aliphatic heterocycles. The molecule has 0 saturated heterocycles. The number of amides is 2. The van der Waals surface area contributed by atoms with Crippen LogP contribution < -0.4 is 15.5 Å². The first-order chi connectivity index (χ1) is 12.4. The molecule has 0 radical (unpaired) electrons. The minimum Gasteiger partial charge on any atom is -0.504 e. The highest BCUT2D eigenvalue weighted by atomic mass is 16.5. The van der Waals surface area contributed by atoms with Crippen molar-refractivity contribution in [1.82, 2.24) is 5.43 Å². The van der Waals surface area contributed by atoms with Crippen molar-refractivity contribution in [1.29, 1.82) is 0 Å². The van der Waals surface area contributed by atoms with Gasteiger partial charge in [-0.1, -0.05) is 13.8 Å². The SMILES string of the molecule is COc1ccc(/C=N/NC(=O)c2ccc(NC(=O)C(C)C)cc2)cc1O. The predicted octanol–water partition coefficient (Wildman–Crippen LogP) is 2.76. The first-order valence-electron chi connectivity index (χ1n) is 8.02. The van der Waals surface area contributed by atoms with E-state index in [-0.39, 0.29) is 23.5 Å². The van der Waals surface area contributed by atoms with E-state index in [0.29, 0.717) is 22.6 Å². The number of carbonyl (C=O) groups is 2. The normalized spacial score (nSPS) is 10.8. The lowest BCUT2D eigenvalue weighted by Gasteiger charge is -2.08. The third kappa shape index (κ3) is 5.07. The molecular formula is C19H21N3O4. The number of anilines is 1. The van der Waals surface area contributed by atoms with Gasteiger partial charge in [-0.3, -0.25) is 9.59 Å². The molecule has 3 N–H and O–H groups in total. The number of carbonyl (C=O) groups excluding carboxylic acids is 2. The maximum Gasteiger partial charge on any atom is 0.271 e. The average Bonchev–Trinajstić information content (AvgIpc) is 2.62. The van der Waals surface area contributed by atoms with Gasteiger partial charge in [0.1, 0.15) is 0 Å². The fourth-order valence-corrected chi connectivity index (χ4v) is 2.01. The van der Waals surface area contributed by atoms with Crippen LogP contribution >= 0.6 is 0 Å². The predicted molar refractivity (Wildman–Crippen MR) is 99.6 cm³/mol. The summed E-state index contributed by atoms with van der Waals surface area (Å²) in [6.45, 7) is 3.61. The van der Waals surface area contributed by atoms with Crippen molar-refractivity contribution in [2.24, 2.45) is 11.0 Å². The quantitative estimate of drug-likeness (QED) is 0.548. The van der Waals surface area contributed by atoms with Gasteiger partial charge in [0.05, 0.1) is 13.3 Å². The molecule has 0 spiro atoms. The van der Waals surface area contributed by atoms with Gasteiger partial charge >= 0.3 is 0 Å². The largest absolute Gasteiger partial charge is 0.504 e. The number of hydrogen-bond acceptors (Lipinski definition) is 5. The number of phenolic OH excluding ortho intramolecular Hbond substituents is 1. The summed E-state index contributed by atoms with van der Waals surface area (Å²) in [4.78, 5) is 23.7. The van der Waals surface area contributed by atoms with Crippen LogP contribution in [0, 0.1) is 5.92 Å². The first-order valence-corrected chi connectivity index (χ1v) is 8.02. The number of aromatic hydroxyl groups is 1. The van der Waals surface area contributed by atoms with E-state index in [9.17, 15) is 14.7 Å². The molecule has 7 heteroatoms. The molecule has 2 aromatic carbocycles. The summed E-state index contributed by atoms with van der Waals surface area (Å²) in [6.07, 6.45) is 1.41. The molecule has 0 heterocycles. The molecule has 0 fully saturated rings. The lowest BCUT2D eigenvalue weighted by molar-refractivity contribution is -0.118. The minimum atomic E-state index is -0.388. The Hall–Kier alpha value is -3.35. The van der Waals surface area contributed by atoms with E-state index >= 15 is 0 Å². The number of hydrazone groups is 1. The van der Waals surface area contributed by atoms with E-state index in [1.807, 2.05) is 0 Å². The molecule has 136 valence electrons. The smallest absolute Gasteiger partial charge is 0.271 e. The van der Waals surface area contributed by atoms with Crippen LogP contribution in [-0.2, 0) is 4.79 Å². The molecule has 26 heavy (non-hydrogen) atoms. The molecule has 0 aliphatic carbocycles. The van der Waals surface area contributed by atoms with E-state index in [4.69, 9.17) is 4.74 Å². The molecule has 0 aliphatic rings. The Balaban J connectivity index is 1.95. The van der Waals surface area contributed by atoms with Gasteiger partial charge in [-0.2, -0.15) is 5.10 Å². The molecule has 0 atom stereocenters. The first kappa shape index (κ1) is 19.0. The Morgan fingerprint density at radius 3 is 2.42 bits per heavy atom. The lowest BCUT2D eigenvalue weighted by atomic mass is 10.1. The van der Waals surface area contributed by atoms with Gasteiger partial charge in [-0.05, 0) is 48.0 Å². The fourth-order valence-electron chi connectivity index (χ4n) is 2.01. The zero-order valence-electron chi connectivity index (χ0n) is 14.8. The summed E-state index contributed by atoms with van der Waals surface area (Å²) >= 11 is 0. The maximum absolute atomic E-state index is 12.1. The topological polar surface area (TPSA) is 100 Å². The van der Waals surface area contributed by atoms with Crippen LogP contribution in [0.4, 0.5) is 5.69 Å². The standard InChI is InChI=1S/C19H21N3O4/c1-12(2)18(24)21-15-7-5-14(6-8-15)19(25)22-20-11-13-4-9-17(26-3)16(23)10-13/h4-12,23H,1-3H3,(H,21,24)(H,22,25)/b20-11+. The molecule has 0 bridgehead atoms. The Morgan fingerprint density at radius 2 is 1.85 bits per heavy atom. The number of phenols is 1. The average molecular weight is 355 g/mol. The van der Waals surface area contributed by atoms with Gasteiger partial charge in [0, 0.05) is 17.2 Å². The summed E-state index contributed by atoms with van der Waals surface area (Å²) in [7, 11) is 1.46. The Bertz CT molecular complexity index is 814. The summed E-state index contributed by atoms with van der Waals surface area (Å²) in [5.41, 5.74) is 4.04. The van der Waals surface area contributed by atoms with Gasteiger partial charge in [0.15, 0.2) is 11.5 Å². The van der Waals surface area contributed by atoms with Crippen LogP contribution in [0.2, 0.25) is 0 Å². The highest BCUT2D eigenvalue weighted by Gasteiger charge is 2.08. The summed E-state index contributed by atoms with van der Waals surface area (Å²) in [5, 5.41) is 16.3. The third-order valence-corrected chi connectivity index (χ3v) is 3.52. The second-order valence-electron chi connectivity index (χ2n) is 5.85.